The van der Waals surface area contributed by atoms with Gasteiger partial charge < -0.3 is 19.7 Å². The zero-order valence-electron chi connectivity index (χ0n) is 18.3. The fraction of sp³-hybridized carbons (Fsp3) is 0.192. The van der Waals surface area contributed by atoms with Crippen molar-refractivity contribution in [1.82, 2.24) is 0 Å². The summed E-state index contributed by atoms with van der Waals surface area (Å²) in [6.45, 7) is 0.00861. The summed E-state index contributed by atoms with van der Waals surface area (Å²) >= 11 is 0. The monoisotopic (exact) mass is 462 g/mol. The third-order valence-corrected chi connectivity index (χ3v) is 5.23. The van der Waals surface area contributed by atoms with Gasteiger partial charge in [-0.3, -0.25) is 14.4 Å². The molecule has 0 radical (unpaired) electrons. The van der Waals surface area contributed by atoms with Gasteiger partial charge in [-0.05, 0) is 55.0 Å². The smallest absolute Gasteiger partial charge is 0.265 e. The number of Topliss-reactive ketones (excluding diaryl/α,β-unsaturated/α-hetero) is 1. The molecule has 0 bridgehead atoms. The minimum atomic E-state index is -0.437. The van der Waals surface area contributed by atoms with Crippen molar-refractivity contribution in [1.29, 1.82) is 0 Å². The molecule has 0 saturated carbocycles. The van der Waals surface area contributed by atoms with Crippen LogP contribution in [0.15, 0.2) is 72.8 Å². The Balaban J connectivity index is 1.37. The first-order valence-corrected chi connectivity index (χ1v) is 10.8. The van der Waals surface area contributed by atoms with Crippen LogP contribution < -0.4 is 19.7 Å². The Bertz CT molecular complexity index is 1200. The van der Waals surface area contributed by atoms with E-state index in [2.05, 4.69) is 5.32 Å². The van der Waals surface area contributed by atoms with Gasteiger partial charge in [0.2, 0.25) is 5.91 Å². The maximum atomic E-state index is 13.3. The van der Waals surface area contributed by atoms with Gasteiger partial charge in [0.15, 0.2) is 19.0 Å². The number of anilines is 2. The summed E-state index contributed by atoms with van der Waals surface area (Å²) in [5.41, 5.74) is 1.24. The third-order valence-electron chi connectivity index (χ3n) is 5.23. The summed E-state index contributed by atoms with van der Waals surface area (Å²) in [4.78, 5) is 38.9. The van der Waals surface area contributed by atoms with Crippen molar-refractivity contribution in [3.8, 4) is 11.5 Å². The minimum absolute atomic E-state index is 0.118. The highest BCUT2D eigenvalue weighted by Crippen LogP contribution is 2.33. The highest BCUT2D eigenvalue weighted by atomic mass is 19.1. The van der Waals surface area contributed by atoms with Crippen molar-refractivity contribution >= 4 is 29.0 Å². The molecule has 1 heterocycles. The molecular weight excluding hydrogens is 439 g/mol. The third kappa shape index (κ3) is 5.78. The normalized spacial score (nSPS) is 12.5. The van der Waals surface area contributed by atoms with E-state index in [0.717, 1.165) is 0 Å². The number of rotatable bonds is 9. The van der Waals surface area contributed by atoms with Crippen LogP contribution in [0.1, 0.15) is 23.2 Å². The maximum Gasteiger partial charge on any atom is 0.265 e. The average molecular weight is 462 g/mol. The number of hydrogen-bond acceptors (Lipinski definition) is 5. The highest BCUT2D eigenvalue weighted by molar-refractivity contribution is 6.02. The predicted octanol–water partition coefficient (Wildman–Crippen LogP) is 4.23. The Labute approximate surface area is 196 Å². The van der Waals surface area contributed by atoms with Crippen LogP contribution in [0.2, 0.25) is 0 Å². The zero-order chi connectivity index (χ0) is 23.9. The fourth-order valence-electron chi connectivity index (χ4n) is 3.56. The molecule has 7 nitrogen and oxygen atoms in total. The van der Waals surface area contributed by atoms with Gasteiger partial charge in [0.25, 0.3) is 5.91 Å². The quantitative estimate of drug-likeness (QED) is 0.481. The van der Waals surface area contributed by atoms with E-state index >= 15 is 0 Å². The molecule has 0 atom stereocenters. The van der Waals surface area contributed by atoms with Gasteiger partial charge in [-0.2, -0.15) is 0 Å². The number of nitrogens with zero attached hydrogens (tertiary/aromatic N) is 1. The Morgan fingerprint density at radius 1 is 1.03 bits per heavy atom. The van der Waals surface area contributed by atoms with Gasteiger partial charge in [-0.1, -0.05) is 24.3 Å². The molecule has 8 heteroatoms. The molecule has 4 rings (SSSR count). The summed E-state index contributed by atoms with van der Waals surface area (Å²) < 4.78 is 24.3. The van der Waals surface area contributed by atoms with Crippen molar-refractivity contribution in [2.45, 2.75) is 12.8 Å². The van der Waals surface area contributed by atoms with Crippen molar-refractivity contribution in [2.75, 3.05) is 30.0 Å². The second-order valence-electron chi connectivity index (χ2n) is 7.70. The molecule has 3 aromatic carbocycles. The van der Waals surface area contributed by atoms with E-state index < -0.39 is 5.82 Å². The van der Waals surface area contributed by atoms with Crippen molar-refractivity contribution < 1.29 is 28.2 Å². The van der Waals surface area contributed by atoms with Gasteiger partial charge in [0.05, 0.1) is 5.69 Å². The van der Waals surface area contributed by atoms with Gasteiger partial charge in [0.1, 0.15) is 17.3 Å². The number of carbonyl (C=O) groups excluding carboxylic acids is 3. The van der Waals surface area contributed by atoms with Crippen LogP contribution in [0.5, 0.6) is 11.5 Å². The van der Waals surface area contributed by atoms with Crippen LogP contribution in [0, 0.1) is 5.82 Å². The van der Waals surface area contributed by atoms with E-state index in [1.54, 1.807) is 36.4 Å². The van der Waals surface area contributed by atoms with E-state index in [1.165, 1.54) is 23.1 Å². The van der Waals surface area contributed by atoms with E-state index in [4.69, 9.17) is 9.47 Å². The first-order valence-electron chi connectivity index (χ1n) is 10.8. The lowest BCUT2D eigenvalue weighted by Gasteiger charge is -2.29. The van der Waals surface area contributed by atoms with Crippen molar-refractivity contribution in [3.63, 3.8) is 0 Å². The molecular formula is C26H23FN2O5. The number of ketones is 1. The number of carbonyl (C=O) groups is 3. The van der Waals surface area contributed by atoms with Crippen LogP contribution >= 0.6 is 0 Å². The van der Waals surface area contributed by atoms with E-state index in [1.807, 2.05) is 18.2 Å². The molecule has 0 spiro atoms. The van der Waals surface area contributed by atoms with E-state index in [0.29, 0.717) is 34.9 Å². The molecule has 34 heavy (non-hydrogen) atoms. The fourth-order valence-corrected chi connectivity index (χ4v) is 3.56. The SMILES string of the molecule is O=C(CCCN1C(=O)COc2ccc(C(=O)COc3ccccc3)cc21)Nc1cccc(F)c1. The number of halogens is 1. The zero-order valence-corrected chi connectivity index (χ0v) is 18.3. The summed E-state index contributed by atoms with van der Waals surface area (Å²) in [6, 6.07) is 19.6. The molecule has 0 aromatic heterocycles. The molecule has 0 saturated heterocycles. The molecule has 0 fully saturated rings. The molecule has 1 aliphatic rings. The van der Waals surface area contributed by atoms with Crippen LogP contribution in [0.25, 0.3) is 0 Å². The molecule has 1 aliphatic heterocycles. The van der Waals surface area contributed by atoms with Crippen molar-refractivity contribution in [2.24, 2.45) is 0 Å². The Hall–Kier alpha value is -4.20. The van der Waals surface area contributed by atoms with Crippen LogP contribution in [-0.2, 0) is 9.59 Å². The first kappa shape index (κ1) is 23.0. The molecule has 174 valence electrons. The summed E-state index contributed by atoms with van der Waals surface area (Å²) in [7, 11) is 0. The number of ether oxygens (including phenoxy) is 2. The molecule has 0 unspecified atom stereocenters. The van der Waals surface area contributed by atoms with Gasteiger partial charge in [-0.25, -0.2) is 4.39 Å². The second kappa shape index (κ2) is 10.6. The van der Waals surface area contributed by atoms with Gasteiger partial charge >= 0.3 is 0 Å². The van der Waals surface area contributed by atoms with Crippen molar-refractivity contribution in [3.05, 3.63) is 84.2 Å². The largest absolute Gasteiger partial charge is 0.485 e. The van der Waals surface area contributed by atoms with Gasteiger partial charge in [0, 0.05) is 24.2 Å². The number of hydrogen-bond donors (Lipinski definition) is 1. The summed E-state index contributed by atoms with van der Waals surface area (Å²) in [6.07, 6.45) is 0.516. The lowest BCUT2D eigenvalue weighted by molar-refractivity contribution is -0.121. The number of amides is 2. The Kier molecular flexibility index (Phi) is 7.17. The number of benzene rings is 3. The molecule has 0 aliphatic carbocycles. The number of para-hydroxylation sites is 1. The summed E-state index contributed by atoms with van der Waals surface area (Å²) in [5.74, 6) is -0.140. The number of fused-ring (bicyclic) bond motifs is 1. The standard InChI is InChI=1S/C26H23FN2O5/c27-19-6-4-7-20(15-19)28-25(31)10-5-13-29-22-14-18(11-12-24(22)34-17-26(29)32)23(30)16-33-21-8-2-1-3-9-21/h1-4,6-9,11-12,14-15H,5,10,13,16-17H2,(H,28,31). The molecule has 2 amide bonds. The lowest BCUT2D eigenvalue weighted by Crippen LogP contribution is -2.39. The van der Waals surface area contributed by atoms with Crippen LogP contribution in [0.3, 0.4) is 0 Å². The maximum absolute atomic E-state index is 13.3. The highest BCUT2D eigenvalue weighted by Gasteiger charge is 2.26. The minimum Gasteiger partial charge on any atom is -0.485 e. The first-order chi connectivity index (χ1) is 16.5. The lowest BCUT2D eigenvalue weighted by atomic mass is 10.1. The predicted molar refractivity (Wildman–Crippen MR) is 125 cm³/mol. The van der Waals surface area contributed by atoms with Crippen LogP contribution in [-0.4, -0.2) is 37.4 Å². The molecule has 3 aromatic rings. The average Bonchev–Trinajstić information content (AvgIpc) is 2.84. The molecule has 1 N–H and O–H groups in total. The van der Waals surface area contributed by atoms with Gasteiger partial charge in [-0.15, -0.1) is 0 Å². The topological polar surface area (TPSA) is 84.9 Å². The second-order valence-corrected chi connectivity index (χ2v) is 7.70. The number of nitrogens with one attached hydrogen (secondary N) is 1. The Morgan fingerprint density at radius 3 is 2.65 bits per heavy atom. The van der Waals surface area contributed by atoms with Crippen LogP contribution in [0.4, 0.5) is 15.8 Å². The van der Waals surface area contributed by atoms with E-state index in [-0.39, 0.29) is 43.8 Å². The summed E-state index contributed by atoms with van der Waals surface area (Å²) in [5, 5.41) is 2.64. The van der Waals surface area contributed by atoms with E-state index in [9.17, 15) is 18.8 Å². The Morgan fingerprint density at radius 2 is 1.85 bits per heavy atom.